The van der Waals surface area contributed by atoms with Gasteiger partial charge in [-0.2, -0.15) is 10.5 Å². The number of nitrogens with zero attached hydrogens (tertiary/aromatic N) is 3. The topological polar surface area (TPSA) is 97.7 Å². The van der Waals surface area contributed by atoms with Gasteiger partial charge >= 0.3 is 7.37 Å². The van der Waals surface area contributed by atoms with Crippen LogP contribution in [0.2, 0.25) is 0 Å². The third kappa shape index (κ3) is 1.82. The quantitative estimate of drug-likeness (QED) is 0.395. The lowest BCUT2D eigenvalue weighted by atomic mass is 11.6. The first kappa shape index (κ1) is 7.50. The third-order valence-electron chi connectivity index (χ3n) is 0.433. The van der Waals surface area contributed by atoms with Gasteiger partial charge in [0.05, 0.1) is 0 Å². The zero-order chi connectivity index (χ0) is 7.33. The van der Waals surface area contributed by atoms with Gasteiger partial charge in [-0.1, -0.05) is 0 Å². The van der Waals surface area contributed by atoms with E-state index in [1.165, 1.54) is 0 Å². The van der Waals surface area contributed by atoms with E-state index >= 15 is 0 Å². The number of nitriles is 3. The predicted molar refractivity (Wildman–Crippen MR) is 25.5 cm³/mol. The van der Waals surface area contributed by atoms with E-state index < -0.39 is 7.37 Å². The van der Waals surface area contributed by atoms with Gasteiger partial charge in [-0.05, 0) is 0 Å². The zero-order valence-corrected chi connectivity index (χ0v) is 5.00. The molecule has 0 fully saturated rings. The van der Waals surface area contributed by atoms with Crippen molar-refractivity contribution in [1.82, 2.24) is 0 Å². The summed E-state index contributed by atoms with van der Waals surface area (Å²) >= 11 is 0. The molecule has 9 heavy (non-hydrogen) atoms. The molecule has 0 radical (unpaired) electrons. The van der Waals surface area contributed by atoms with E-state index in [0.29, 0.717) is 0 Å². The summed E-state index contributed by atoms with van der Waals surface area (Å²) in [6.07, 6.45) is 1.00. The minimum absolute atomic E-state index is 1.00. The fourth-order valence-corrected chi connectivity index (χ4v) is 0.362. The molecule has 5 nitrogen and oxygen atoms in total. The lowest BCUT2D eigenvalue weighted by Gasteiger charge is -1.88. The maximum absolute atomic E-state index is 10.4. The molecular weight excluding hydrogens is 141 g/mol. The molecular formula is C3N3O2P. The summed E-state index contributed by atoms with van der Waals surface area (Å²) in [7, 11) is -3.93. The molecule has 0 aliphatic rings. The van der Waals surface area contributed by atoms with E-state index in [1.54, 1.807) is 0 Å². The highest BCUT2D eigenvalue weighted by Crippen LogP contribution is 2.42. The molecule has 0 spiro atoms. The highest BCUT2D eigenvalue weighted by Gasteiger charge is 2.22. The van der Waals surface area contributed by atoms with Crippen molar-refractivity contribution in [2.24, 2.45) is 0 Å². The van der Waals surface area contributed by atoms with Crippen molar-refractivity contribution < 1.29 is 9.09 Å². The van der Waals surface area contributed by atoms with Crippen LogP contribution in [0.4, 0.5) is 0 Å². The van der Waals surface area contributed by atoms with Crippen molar-refractivity contribution >= 4 is 7.37 Å². The van der Waals surface area contributed by atoms with Gasteiger partial charge in [0, 0.05) is 0 Å². The largest absolute Gasteiger partial charge is 0.452 e. The molecule has 0 N–H and O–H groups in total. The van der Waals surface area contributed by atoms with Gasteiger partial charge in [0.25, 0.3) is 6.26 Å². The maximum Gasteiger partial charge on any atom is 0.452 e. The highest BCUT2D eigenvalue weighted by atomic mass is 31.2. The fraction of sp³-hybridized carbons (Fsp3) is 0. The fourth-order valence-electron chi connectivity index (χ4n) is 0.121. The van der Waals surface area contributed by atoms with Crippen LogP contribution in [0.25, 0.3) is 0 Å². The van der Waals surface area contributed by atoms with Crippen LogP contribution in [0.3, 0.4) is 0 Å². The molecule has 0 aromatic heterocycles. The van der Waals surface area contributed by atoms with E-state index in [0.717, 1.165) is 17.9 Å². The van der Waals surface area contributed by atoms with Gasteiger partial charge < -0.3 is 4.52 Å². The summed E-state index contributed by atoms with van der Waals surface area (Å²) in [5.74, 6) is 2.16. The normalized spacial score (nSPS) is 8.11. The first-order chi connectivity index (χ1) is 4.18. The lowest BCUT2D eigenvalue weighted by Crippen LogP contribution is -1.73. The molecule has 0 unspecified atom stereocenters. The number of hydrogen-bond donors (Lipinski definition) is 0. The van der Waals surface area contributed by atoms with Crippen LogP contribution in [0, 0.1) is 33.7 Å². The van der Waals surface area contributed by atoms with Gasteiger partial charge in [0.1, 0.15) is 0 Å². The minimum Gasteiger partial charge on any atom is -0.349 e. The van der Waals surface area contributed by atoms with Gasteiger partial charge in [-0.25, -0.2) is 4.57 Å². The van der Waals surface area contributed by atoms with E-state index in [1.807, 2.05) is 0 Å². The van der Waals surface area contributed by atoms with Crippen molar-refractivity contribution in [3.8, 4) is 17.9 Å². The van der Waals surface area contributed by atoms with Gasteiger partial charge in [-0.3, -0.25) is 0 Å². The average Bonchev–Trinajstić information content (AvgIpc) is 1.89. The Labute approximate surface area is 51.1 Å². The SMILES string of the molecule is N#COP(=O)(C#N)C#N. The molecule has 0 saturated heterocycles. The molecule has 0 aromatic rings. The monoisotopic (exact) mass is 141 g/mol. The van der Waals surface area contributed by atoms with Crippen LogP contribution >= 0.6 is 7.37 Å². The summed E-state index contributed by atoms with van der Waals surface area (Å²) in [5.41, 5.74) is 0. The number of rotatable bonds is 1. The molecule has 0 rings (SSSR count). The second-order valence-corrected chi connectivity index (χ2v) is 2.62. The second-order valence-electron chi connectivity index (χ2n) is 0.934. The average molecular weight is 141 g/mol. The molecule has 0 atom stereocenters. The Morgan fingerprint density at radius 3 is 1.78 bits per heavy atom. The second kappa shape index (κ2) is 2.72. The molecule has 0 amide bonds. The minimum atomic E-state index is -3.93. The van der Waals surface area contributed by atoms with Crippen LogP contribution < -0.4 is 0 Å². The maximum atomic E-state index is 10.4. The molecule has 0 heterocycles. The van der Waals surface area contributed by atoms with Crippen molar-refractivity contribution in [2.45, 2.75) is 0 Å². The molecule has 0 aliphatic heterocycles. The van der Waals surface area contributed by atoms with Crippen LogP contribution in [0.15, 0.2) is 0 Å². The highest BCUT2D eigenvalue weighted by molar-refractivity contribution is 7.68. The molecule has 6 heteroatoms. The van der Waals surface area contributed by atoms with E-state index in [-0.39, 0.29) is 0 Å². The van der Waals surface area contributed by atoms with Crippen molar-refractivity contribution in [3.63, 3.8) is 0 Å². The van der Waals surface area contributed by atoms with Gasteiger partial charge in [-0.15, -0.1) is 5.26 Å². The first-order valence-corrected chi connectivity index (χ1v) is 3.31. The summed E-state index contributed by atoms with van der Waals surface area (Å²) < 4.78 is 14.1. The zero-order valence-electron chi connectivity index (χ0n) is 4.11. The Bertz CT molecular complexity index is 246. The van der Waals surface area contributed by atoms with Crippen LogP contribution in [0.1, 0.15) is 0 Å². The lowest BCUT2D eigenvalue weighted by molar-refractivity contribution is 0.477. The molecule has 0 aromatic carbocycles. The Morgan fingerprint density at radius 2 is 1.67 bits per heavy atom. The van der Waals surface area contributed by atoms with Crippen LogP contribution in [-0.4, -0.2) is 0 Å². The van der Waals surface area contributed by atoms with Crippen molar-refractivity contribution in [1.29, 1.82) is 15.8 Å². The van der Waals surface area contributed by atoms with Crippen LogP contribution in [-0.2, 0) is 9.09 Å². The Morgan fingerprint density at radius 1 is 1.22 bits per heavy atom. The summed E-state index contributed by atoms with van der Waals surface area (Å²) in [6.45, 7) is 0. The Kier molecular flexibility index (Phi) is 2.27. The molecule has 0 bridgehead atoms. The standard InChI is InChI=1S/C3N3O2P/c4-1-8-9(7,2-5)3-6. The van der Waals surface area contributed by atoms with Gasteiger partial charge in [0.15, 0.2) is 11.6 Å². The van der Waals surface area contributed by atoms with Crippen molar-refractivity contribution in [3.05, 3.63) is 0 Å². The summed E-state index contributed by atoms with van der Waals surface area (Å²) in [6, 6.07) is 0. The van der Waals surface area contributed by atoms with E-state index in [9.17, 15) is 4.57 Å². The number of hydrogen-bond acceptors (Lipinski definition) is 5. The molecule has 44 valence electrons. The Balaban J connectivity index is 4.46. The van der Waals surface area contributed by atoms with Crippen LogP contribution in [0.5, 0.6) is 0 Å². The van der Waals surface area contributed by atoms with E-state index in [2.05, 4.69) is 4.52 Å². The molecule has 0 saturated carbocycles. The predicted octanol–water partition coefficient (Wildman–Crippen LogP) is 0.724. The third-order valence-corrected chi connectivity index (χ3v) is 1.30. The summed E-state index contributed by atoms with van der Waals surface area (Å²) in [5, 5.41) is 23.5. The summed E-state index contributed by atoms with van der Waals surface area (Å²) in [4.78, 5) is 0. The van der Waals surface area contributed by atoms with Gasteiger partial charge in [0.2, 0.25) is 0 Å². The smallest absolute Gasteiger partial charge is 0.349 e. The van der Waals surface area contributed by atoms with Crippen molar-refractivity contribution in [2.75, 3.05) is 0 Å². The van der Waals surface area contributed by atoms with E-state index in [4.69, 9.17) is 15.8 Å². The Hall–Kier alpha value is -1.50. The molecule has 0 aliphatic carbocycles. The first-order valence-electron chi connectivity index (χ1n) is 1.69.